The topological polar surface area (TPSA) is 30.0 Å². The van der Waals surface area contributed by atoms with E-state index in [1.165, 1.54) is 11.3 Å². The van der Waals surface area contributed by atoms with E-state index in [-0.39, 0.29) is 4.69 Å². The Balaban J connectivity index is 2.93. The molecule has 0 aliphatic rings. The van der Waals surface area contributed by atoms with Crippen LogP contribution in [0.25, 0.3) is 0 Å². The number of nitrogens with zero attached hydrogens (tertiary/aromatic N) is 1. The van der Waals surface area contributed by atoms with Crippen molar-refractivity contribution < 1.29 is 4.79 Å². The summed E-state index contributed by atoms with van der Waals surface area (Å²) in [7, 11) is 0. The third kappa shape index (κ3) is 1.14. The quantitative estimate of drug-likeness (QED) is 0.633. The summed E-state index contributed by atoms with van der Waals surface area (Å²) in [6, 6.07) is 0. The third-order valence-electron chi connectivity index (χ3n) is 0.600. The van der Waals surface area contributed by atoms with Gasteiger partial charge >= 0.3 is 0 Å². The standard InChI is InChI=1S/C4H2BrNOS/c5-3(7)4-6-1-2-8-4/h1-2H. The number of thiazole rings is 1. The van der Waals surface area contributed by atoms with E-state index in [1.807, 2.05) is 0 Å². The molecule has 0 aromatic carbocycles. The van der Waals surface area contributed by atoms with Gasteiger partial charge in [0.2, 0.25) is 0 Å². The van der Waals surface area contributed by atoms with E-state index >= 15 is 0 Å². The molecule has 42 valence electrons. The van der Waals surface area contributed by atoms with Crippen LogP contribution in [0.1, 0.15) is 9.80 Å². The van der Waals surface area contributed by atoms with Gasteiger partial charge in [0.25, 0.3) is 4.69 Å². The van der Waals surface area contributed by atoms with Crippen LogP contribution in [-0.2, 0) is 0 Å². The van der Waals surface area contributed by atoms with Crippen LogP contribution < -0.4 is 0 Å². The second kappa shape index (κ2) is 2.37. The van der Waals surface area contributed by atoms with Crippen LogP contribution in [0, 0.1) is 0 Å². The summed E-state index contributed by atoms with van der Waals surface area (Å²) < 4.78 is -0.146. The number of carbonyl (C=O) groups is 1. The fourth-order valence-electron chi connectivity index (χ4n) is 0.321. The van der Waals surface area contributed by atoms with Gasteiger partial charge in [-0.1, -0.05) is 0 Å². The highest BCUT2D eigenvalue weighted by molar-refractivity contribution is 9.18. The van der Waals surface area contributed by atoms with Crippen molar-refractivity contribution in [2.24, 2.45) is 0 Å². The van der Waals surface area contributed by atoms with Crippen molar-refractivity contribution in [2.45, 2.75) is 0 Å². The Labute approximate surface area is 58.7 Å². The van der Waals surface area contributed by atoms with Crippen LogP contribution in [0.4, 0.5) is 0 Å². The minimum atomic E-state index is -0.146. The molecule has 0 bridgehead atoms. The highest BCUT2D eigenvalue weighted by Crippen LogP contribution is 2.07. The molecule has 0 spiro atoms. The van der Waals surface area contributed by atoms with Gasteiger partial charge in [-0.2, -0.15) is 0 Å². The first-order chi connectivity index (χ1) is 3.80. The lowest BCUT2D eigenvalue weighted by Crippen LogP contribution is -1.82. The zero-order valence-corrected chi connectivity index (χ0v) is 6.20. The average Bonchev–Trinajstić information content (AvgIpc) is 2.12. The summed E-state index contributed by atoms with van der Waals surface area (Å²) in [4.78, 5) is 14.1. The smallest absolute Gasteiger partial charge is 0.256 e. The van der Waals surface area contributed by atoms with Crippen molar-refractivity contribution in [2.75, 3.05) is 0 Å². The van der Waals surface area contributed by atoms with Crippen molar-refractivity contribution >= 4 is 32.0 Å². The SMILES string of the molecule is O=C(Br)c1nccs1. The van der Waals surface area contributed by atoms with Crippen molar-refractivity contribution in [1.82, 2.24) is 4.98 Å². The summed E-state index contributed by atoms with van der Waals surface area (Å²) in [5.74, 6) is 0. The monoisotopic (exact) mass is 191 g/mol. The number of hydrogen-bond acceptors (Lipinski definition) is 3. The third-order valence-corrected chi connectivity index (χ3v) is 2.01. The summed E-state index contributed by atoms with van der Waals surface area (Å²) >= 11 is 4.09. The fourth-order valence-corrected chi connectivity index (χ4v) is 1.17. The van der Waals surface area contributed by atoms with Gasteiger partial charge in [0.1, 0.15) is 0 Å². The van der Waals surface area contributed by atoms with Crippen LogP contribution in [0.5, 0.6) is 0 Å². The maximum atomic E-state index is 10.4. The maximum absolute atomic E-state index is 10.4. The zero-order chi connectivity index (χ0) is 5.98. The molecule has 0 unspecified atom stereocenters. The minimum absolute atomic E-state index is 0.146. The predicted octanol–water partition coefficient (Wildman–Crippen LogP) is 1.68. The second-order valence-electron chi connectivity index (χ2n) is 1.11. The molecule has 1 aromatic heterocycles. The Kier molecular flexibility index (Phi) is 1.75. The largest absolute Gasteiger partial charge is 0.278 e. The summed E-state index contributed by atoms with van der Waals surface area (Å²) in [5.41, 5.74) is 0. The molecular formula is C4H2BrNOS. The first-order valence-electron chi connectivity index (χ1n) is 1.90. The highest BCUT2D eigenvalue weighted by atomic mass is 79.9. The van der Waals surface area contributed by atoms with Crippen LogP contribution in [0.3, 0.4) is 0 Å². The van der Waals surface area contributed by atoms with E-state index in [2.05, 4.69) is 20.9 Å². The van der Waals surface area contributed by atoms with Crippen LogP contribution in [-0.4, -0.2) is 9.68 Å². The van der Waals surface area contributed by atoms with E-state index in [1.54, 1.807) is 11.6 Å². The van der Waals surface area contributed by atoms with Crippen molar-refractivity contribution in [1.29, 1.82) is 0 Å². The fraction of sp³-hybridized carbons (Fsp3) is 0. The number of carbonyl (C=O) groups excluding carboxylic acids is 1. The van der Waals surface area contributed by atoms with Crippen molar-refractivity contribution in [3.05, 3.63) is 16.6 Å². The molecule has 0 aliphatic carbocycles. The van der Waals surface area contributed by atoms with E-state index in [0.29, 0.717) is 5.01 Å². The molecule has 2 nitrogen and oxygen atoms in total. The Morgan fingerprint density at radius 1 is 1.88 bits per heavy atom. The molecule has 0 saturated carbocycles. The predicted molar refractivity (Wildman–Crippen MR) is 35.4 cm³/mol. The normalized spacial score (nSPS) is 9.12. The molecule has 0 atom stereocenters. The molecule has 0 fully saturated rings. The van der Waals surface area contributed by atoms with E-state index in [4.69, 9.17) is 0 Å². The van der Waals surface area contributed by atoms with Gasteiger partial charge < -0.3 is 0 Å². The van der Waals surface area contributed by atoms with Gasteiger partial charge in [0.15, 0.2) is 5.01 Å². The van der Waals surface area contributed by atoms with Crippen LogP contribution in [0.15, 0.2) is 11.6 Å². The molecule has 1 aromatic rings. The highest BCUT2D eigenvalue weighted by Gasteiger charge is 2.00. The average molecular weight is 192 g/mol. The molecule has 0 amide bonds. The van der Waals surface area contributed by atoms with Crippen molar-refractivity contribution in [3.63, 3.8) is 0 Å². The minimum Gasteiger partial charge on any atom is -0.278 e. The number of aromatic nitrogens is 1. The van der Waals surface area contributed by atoms with Gasteiger partial charge in [0, 0.05) is 27.5 Å². The maximum Gasteiger partial charge on any atom is 0.256 e. The summed E-state index contributed by atoms with van der Waals surface area (Å²) in [6.45, 7) is 0. The lowest BCUT2D eigenvalue weighted by Gasteiger charge is -1.75. The number of halogens is 1. The first-order valence-corrected chi connectivity index (χ1v) is 3.57. The van der Waals surface area contributed by atoms with Crippen molar-refractivity contribution in [3.8, 4) is 0 Å². The lowest BCUT2D eigenvalue weighted by atomic mass is 10.8. The molecule has 0 radical (unpaired) electrons. The Hall–Kier alpha value is -0.220. The zero-order valence-electron chi connectivity index (χ0n) is 3.80. The Bertz CT molecular complexity index is 184. The summed E-state index contributed by atoms with van der Waals surface area (Å²) in [5, 5.41) is 2.26. The molecule has 1 rings (SSSR count). The molecule has 4 heteroatoms. The Morgan fingerprint density at radius 2 is 2.62 bits per heavy atom. The number of rotatable bonds is 1. The molecular weight excluding hydrogens is 190 g/mol. The van der Waals surface area contributed by atoms with Crippen LogP contribution in [0.2, 0.25) is 0 Å². The summed E-state index contributed by atoms with van der Waals surface area (Å²) in [6.07, 6.45) is 1.60. The number of hydrogen-bond donors (Lipinski definition) is 0. The van der Waals surface area contributed by atoms with Crippen LogP contribution >= 0.6 is 27.3 Å². The molecule has 0 saturated heterocycles. The molecule has 0 aliphatic heterocycles. The van der Waals surface area contributed by atoms with Gasteiger partial charge in [0.05, 0.1) is 0 Å². The van der Waals surface area contributed by atoms with E-state index < -0.39 is 0 Å². The Morgan fingerprint density at radius 3 is 2.88 bits per heavy atom. The van der Waals surface area contributed by atoms with Gasteiger partial charge in [-0.05, 0) is 0 Å². The molecule has 0 N–H and O–H groups in total. The lowest BCUT2D eigenvalue weighted by molar-refractivity contribution is 0.109. The molecule has 8 heavy (non-hydrogen) atoms. The molecule has 1 heterocycles. The van der Waals surface area contributed by atoms with Gasteiger partial charge in [-0.25, -0.2) is 4.98 Å². The van der Waals surface area contributed by atoms with Gasteiger partial charge in [-0.3, -0.25) is 4.79 Å². The van der Waals surface area contributed by atoms with E-state index in [0.717, 1.165) is 0 Å². The second-order valence-corrected chi connectivity index (χ2v) is 2.73. The first kappa shape index (κ1) is 5.91. The van der Waals surface area contributed by atoms with E-state index in [9.17, 15) is 4.79 Å². The van der Waals surface area contributed by atoms with Gasteiger partial charge in [-0.15, -0.1) is 11.3 Å².